The molecule has 0 aromatic carbocycles. The van der Waals surface area contributed by atoms with Crippen LogP contribution in [-0.4, -0.2) is 17.6 Å². The number of pyridine rings is 1. The smallest absolute Gasteiger partial charge is 0.0302 e. The lowest BCUT2D eigenvalue weighted by Gasteiger charge is -2.26. The van der Waals surface area contributed by atoms with Gasteiger partial charge in [-0.15, -0.1) is 0 Å². The molecule has 1 aliphatic heterocycles. The third-order valence-corrected chi connectivity index (χ3v) is 3.66. The summed E-state index contributed by atoms with van der Waals surface area (Å²) in [6, 6.07) is 5.06. The molecule has 2 fully saturated rings. The highest BCUT2D eigenvalue weighted by Gasteiger charge is 2.34. The second kappa shape index (κ2) is 6.15. The van der Waals surface area contributed by atoms with Gasteiger partial charge in [-0.3, -0.25) is 4.98 Å². The maximum absolute atomic E-state index is 4.21. The summed E-state index contributed by atoms with van der Waals surface area (Å²) in [5.41, 5.74) is 1.44. The quantitative estimate of drug-likeness (QED) is 0.803. The van der Waals surface area contributed by atoms with E-state index in [0.717, 1.165) is 17.9 Å². The van der Waals surface area contributed by atoms with Crippen LogP contribution in [0.3, 0.4) is 0 Å². The lowest BCUT2D eigenvalue weighted by molar-refractivity contribution is 0.364. The Kier molecular flexibility index (Phi) is 4.55. The van der Waals surface area contributed by atoms with Crippen molar-refractivity contribution in [3.05, 3.63) is 30.1 Å². The fraction of sp³-hybridized carbons (Fsp3) is 0.667. The van der Waals surface area contributed by atoms with Gasteiger partial charge in [0.15, 0.2) is 0 Å². The first-order chi connectivity index (χ1) is 8.33. The van der Waals surface area contributed by atoms with Crippen LogP contribution in [0.25, 0.3) is 0 Å². The van der Waals surface area contributed by atoms with Gasteiger partial charge in [0.1, 0.15) is 0 Å². The predicted molar refractivity (Wildman–Crippen MR) is 72.1 cm³/mol. The fourth-order valence-corrected chi connectivity index (χ4v) is 2.99. The van der Waals surface area contributed by atoms with E-state index < -0.39 is 0 Å². The summed E-state index contributed by atoms with van der Waals surface area (Å²) in [4.78, 5) is 4.21. The topological polar surface area (TPSA) is 24.9 Å². The number of nitrogens with zero attached hydrogens (tertiary/aromatic N) is 1. The standard InChI is InChI=1S/C12H16N2.C3H8/c1-2-10(8-13-3-1)11-4-9-5-12(6-11)14-7-9;1-3-2/h1-3,8-9,11-12,14H,4-7H2;3H2,1-2H3. The van der Waals surface area contributed by atoms with E-state index in [9.17, 15) is 0 Å². The molecule has 2 aliphatic rings. The van der Waals surface area contributed by atoms with Gasteiger partial charge in [-0.25, -0.2) is 0 Å². The Bertz CT molecular complexity index is 311. The summed E-state index contributed by atoms with van der Waals surface area (Å²) >= 11 is 0. The Morgan fingerprint density at radius 1 is 1.29 bits per heavy atom. The molecular weight excluding hydrogens is 208 g/mol. The van der Waals surface area contributed by atoms with Crippen molar-refractivity contribution in [2.75, 3.05) is 6.54 Å². The Balaban J connectivity index is 0.000000329. The van der Waals surface area contributed by atoms with Crippen LogP contribution in [0.1, 0.15) is 51.0 Å². The molecule has 2 heteroatoms. The number of aromatic nitrogens is 1. The van der Waals surface area contributed by atoms with Crippen molar-refractivity contribution in [3.8, 4) is 0 Å². The highest BCUT2D eigenvalue weighted by atomic mass is 15.0. The third kappa shape index (κ3) is 3.29. The zero-order chi connectivity index (χ0) is 12.1. The minimum Gasteiger partial charge on any atom is -0.314 e. The van der Waals surface area contributed by atoms with Crippen LogP contribution in [-0.2, 0) is 0 Å². The molecule has 2 nitrogen and oxygen atoms in total. The molecule has 2 bridgehead atoms. The van der Waals surface area contributed by atoms with Gasteiger partial charge in [-0.05, 0) is 49.3 Å². The summed E-state index contributed by atoms with van der Waals surface area (Å²) in [5, 5.41) is 3.60. The summed E-state index contributed by atoms with van der Waals surface area (Å²) in [7, 11) is 0. The van der Waals surface area contributed by atoms with Crippen molar-refractivity contribution in [1.29, 1.82) is 0 Å². The first kappa shape index (κ1) is 12.6. The maximum atomic E-state index is 4.21. The van der Waals surface area contributed by atoms with E-state index in [-0.39, 0.29) is 0 Å². The van der Waals surface area contributed by atoms with Crippen LogP contribution in [0, 0.1) is 5.92 Å². The van der Waals surface area contributed by atoms with Crippen molar-refractivity contribution >= 4 is 0 Å². The van der Waals surface area contributed by atoms with E-state index in [1.54, 1.807) is 0 Å². The van der Waals surface area contributed by atoms with Gasteiger partial charge in [0, 0.05) is 18.4 Å². The van der Waals surface area contributed by atoms with Gasteiger partial charge in [-0.1, -0.05) is 26.3 Å². The van der Waals surface area contributed by atoms with Crippen molar-refractivity contribution in [2.24, 2.45) is 5.92 Å². The molecule has 1 aromatic rings. The fourth-order valence-electron chi connectivity index (χ4n) is 2.99. The Labute approximate surface area is 105 Å². The van der Waals surface area contributed by atoms with Crippen LogP contribution >= 0.6 is 0 Å². The third-order valence-electron chi connectivity index (χ3n) is 3.66. The van der Waals surface area contributed by atoms with Crippen molar-refractivity contribution in [1.82, 2.24) is 10.3 Å². The molecule has 1 saturated carbocycles. The molecular formula is C15H24N2. The van der Waals surface area contributed by atoms with Crippen LogP contribution in [0.5, 0.6) is 0 Å². The molecule has 0 radical (unpaired) electrons. The summed E-state index contributed by atoms with van der Waals surface area (Å²) in [5.74, 6) is 1.67. The lowest BCUT2D eigenvalue weighted by Crippen LogP contribution is -2.24. The van der Waals surface area contributed by atoms with Gasteiger partial charge < -0.3 is 5.32 Å². The van der Waals surface area contributed by atoms with E-state index in [1.807, 2.05) is 12.4 Å². The van der Waals surface area contributed by atoms with E-state index >= 15 is 0 Å². The van der Waals surface area contributed by atoms with Gasteiger partial charge in [-0.2, -0.15) is 0 Å². The normalized spacial score (nSPS) is 30.6. The molecule has 0 spiro atoms. The highest BCUT2D eigenvalue weighted by molar-refractivity contribution is 5.17. The van der Waals surface area contributed by atoms with E-state index in [1.165, 1.54) is 37.8 Å². The molecule has 1 aliphatic carbocycles. The van der Waals surface area contributed by atoms with Crippen LogP contribution in [0.4, 0.5) is 0 Å². The maximum Gasteiger partial charge on any atom is 0.0302 e. The Hall–Kier alpha value is -0.890. The molecule has 0 amide bonds. The van der Waals surface area contributed by atoms with Crippen LogP contribution < -0.4 is 5.32 Å². The SMILES string of the molecule is CCC.c1cncc(C2CC3CNC(C3)C2)c1. The Morgan fingerprint density at radius 2 is 2.12 bits per heavy atom. The molecule has 2 heterocycles. The zero-order valence-corrected chi connectivity index (χ0v) is 11.0. The first-order valence-corrected chi connectivity index (χ1v) is 6.96. The minimum absolute atomic E-state index is 0.752. The molecule has 1 aromatic heterocycles. The van der Waals surface area contributed by atoms with Crippen molar-refractivity contribution in [2.45, 2.75) is 51.5 Å². The van der Waals surface area contributed by atoms with Gasteiger partial charge >= 0.3 is 0 Å². The monoisotopic (exact) mass is 232 g/mol. The number of rotatable bonds is 1. The minimum atomic E-state index is 0.752. The molecule has 17 heavy (non-hydrogen) atoms. The van der Waals surface area contributed by atoms with Crippen molar-refractivity contribution < 1.29 is 0 Å². The molecule has 3 atom stereocenters. The summed E-state index contributed by atoms with van der Waals surface area (Å²) in [6.45, 7) is 5.49. The Morgan fingerprint density at radius 3 is 2.76 bits per heavy atom. The van der Waals surface area contributed by atoms with Crippen molar-refractivity contribution in [3.63, 3.8) is 0 Å². The predicted octanol–water partition coefficient (Wildman–Crippen LogP) is 3.35. The largest absolute Gasteiger partial charge is 0.314 e. The van der Waals surface area contributed by atoms with Crippen LogP contribution in [0.2, 0.25) is 0 Å². The molecule has 94 valence electrons. The molecule has 3 rings (SSSR count). The van der Waals surface area contributed by atoms with Crippen LogP contribution in [0.15, 0.2) is 24.5 Å². The number of hydrogen-bond acceptors (Lipinski definition) is 2. The average molecular weight is 232 g/mol. The zero-order valence-electron chi connectivity index (χ0n) is 11.0. The summed E-state index contributed by atoms with van der Waals surface area (Å²) in [6.07, 6.45) is 9.21. The first-order valence-electron chi connectivity index (χ1n) is 6.96. The lowest BCUT2D eigenvalue weighted by atomic mass is 9.79. The van der Waals surface area contributed by atoms with Gasteiger partial charge in [0.25, 0.3) is 0 Å². The van der Waals surface area contributed by atoms with E-state index in [2.05, 4.69) is 36.3 Å². The number of fused-ring (bicyclic) bond motifs is 2. The molecule has 1 saturated heterocycles. The van der Waals surface area contributed by atoms with Gasteiger partial charge in [0.2, 0.25) is 0 Å². The van der Waals surface area contributed by atoms with E-state index in [0.29, 0.717) is 0 Å². The highest BCUT2D eigenvalue weighted by Crippen LogP contribution is 2.38. The average Bonchev–Trinajstić information content (AvgIpc) is 2.70. The van der Waals surface area contributed by atoms with E-state index in [4.69, 9.17) is 0 Å². The molecule has 1 N–H and O–H groups in total. The number of hydrogen-bond donors (Lipinski definition) is 1. The second-order valence-electron chi connectivity index (χ2n) is 5.37. The molecule has 3 unspecified atom stereocenters. The summed E-state index contributed by atoms with van der Waals surface area (Å²) < 4.78 is 0. The second-order valence-corrected chi connectivity index (χ2v) is 5.37. The van der Waals surface area contributed by atoms with Gasteiger partial charge in [0.05, 0.1) is 0 Å². The number of nitrogens with one attached hydrogen (secondary N) is 1.